The number of aromatic hydroxyl groups is 1. The number of rotatable bonds is 4. The number of fused-ring (bicyclic) bond motifs is 3. The zero-order chi connectivity index (χ0) is 23.8. The van der Waals surface area contributed by atoms with Gasteiger partial charge >= 0.3 is 6.09 Å². The lowest BCUT2D eigenvalue weighted by Crippen LogP contribution is -2.52. The first-order valence-electron chi connectivity index (χ1n) is 11.2. The van der Waals surface area contributed by atoms with E-state index in [1.807, 2.05) is 17.0 Å². The molecular weight excluding hydrogens is 418 g/mol. The van der Waals surface area contributed by atoms with Gasteiger partial charge in [0.15, 0.2) is 0 Å². The number of phenolic OH excluding ortho intramolecular Hbond substituents is 1. The van der Waals surface area contributed by atoms with Crippen molar-refractivity contribution in [2.75, 3.05) is 13.6 Å². The van der Waals surface area contributed by atoms with Crippen LogP contribution in [0.5, 0.6) is 5.75 Å². The van der Waals surface area contributed by atoms with Crippen molar-refractivity contribution in [3.8, 4) is 5.75 Å². The zero-order valence-electron chi connectivity index (χ0n) is 19.6. The van der Waals surface area contributed by atoms with Crippen LogP contribution in [-0.4, -0.2) is 56.7 Å². The summed E-state index contributed by atoms with van der Waals surface area (Å²) in [7, 11) is 1.61. The maximum atomic E-state index is 13.7. The summed E-state index contributed by atoms with van der Waals surface area (Å²) < 4.78 is 7.80. The van der Waals surface area contributed by atoms with Crippen molar-refractivity contribution >= 4 is 22.9 Å². The van der Waals surface area contributed by atoms with Crippen molar-refractivity contribution in [1.29, 1.82) is 0 Å². The number of amides is 2. The molecule has 2 aromatic carbocycles. The molecule has 1 aromatic heterocycles. The maximum absolute atomic E-state index is 13.7. The van der Waals surface area contributed by atoms with E-state index in [0.717, 1.165) is 16.6 Å². The van der Waals surface area contributed by atoms with Gasteiger partial charge in [-0.3, -0.25) is 9.69 Å². The highest BCUT2D eigenvalue weighted by Crippen LogP contribution is 2.25. The monoisotopic (exact) mass is 449 g/mol. The van der Waals surface area contributed by atoms with E-state index in [1.165, 1.54) is 10.4 Å². The van der Waals surface area contributed by atoms with Crippen molar-refractivity contribution < 1.29 is 19.4 Å². The van der Waals surface area contributed by atoms with Gasteiger partial charge in [0.05, 0.1) is 6.54 Å². The van der Waals surface area contributed by atoms with E-state index in [4.69, 9.17) is 4.74 Å². The van der Waals surface area contributed by atoms with Gasteiger partial charge in [0, 0.05) is 37.8 Å². The fourth-order valence-electron chi connectivity index (χ4n) is 4.26. The number of para-hydroxylation sites is 1. The molecule has 0 saturated heterocycles. The predicted molar refractivity (Wildman–Crippen MR) is 127 cm³/mol. The normalized spacial score (nSPS) is 14.6. The first-order valence-corrected chi connectivity index (χ1v) is 11.2. The van der Waals surface area contributed by atoms with Gasteiger partial charge in [-0.25, -0.2) is 4.79 Å². The molecule has 33 heavy (non-hydrogen) atoms. The van der Waals surface area contributed by atoms with Gasteiger partial charge in [0.2, 0.25) is 5.91 Å². The molecule has 0 bridgehead atoms. The molecule has 1 aliphatic rings. The number of benzene rings is 2. The third kappa shape index (κ3) is 4.97. The zero-order valence-corrected chi connectivity index (χ0v) is 19.6. The first-order chi connectivity index (χ1) is 15.6. The van der Waals surface area contributed by atoms with Crippen LogP contribution >= 0.6 is 0 Å². The van der Waals surface area contributed by atoms with Crippen LogP contribution in [0.2, 0.25) is 0 Å². The van der Waals surface area contributed by atoms with Crippen LogP contribution in [-0.2, 0) is 29.0 Å². The predicted octanol–water partition coefficient (Wildman–Crippen LogP) is 4.17. The van der Waals surface area contributed by atoms with Crippen molar-refractivity contribution in [2.24, 2.45) is 0 Å². The molecule has 0 radical (unpaired) electrons. The summed E-state index contributed by atoms with van der Waals surface area (Å²) in [6.45, 7) is 7.17. The van der Waals surface area contributed by atoms with Gasteiger partial charge in [-0.1, -0.05) is 30.3 Å². The Hall–Kier alpha value is -3.48. The molecule has 2 amide bonds. The third-order valence-corrected chi connectivity index (χ3v) is 5.95. The molecule has 7 heteroatoms. The lowest BCUT2D eigenvalue weighted by Gasteiger charge is -2.36. The molecule has 7 nitrogen and oxygen atoms in total. The fraction of sp³-hybridized carbons (Fsp3) is 0.385. The molecule has 0 spiro atoms. The summed E-state index contributed by atoms with van der Waals surface area (Å²) in [5.41, 5.74) is 2.45. The van der Waals surface area contributed by atoms with E-state index in [-0.39, 0.29) is 11.7 Å². The average molecular weight is 450 g/mol. The Balaban J connectivity index is 1.59. The molecule has 0 fully saturated rings. The van der Waals surface area contributed by atoms with Gasteiger partial charge in [-0.2, -0.15) is 0 Å². The third-order valence-electron chi connectivity index (χ3n) is 5.95. The lowest BCUT2D eigenvalue weighted by atomic mass is 10.0. The summed E-state index contributed by atoms with van der Waals surface area (Å²) in [6.07, 6.45) is -0.209. The Bertz CT molecular complexity index is 1160. The van der Waals surface area contributed by atoms with Crippen LogP contribution in [0.1, 0.15) is 32.0 Å². The number of hydrogen-bond donors (Lipinski definition) is 1. The van der Waals surface area contributed by atoms with Crippen LogP contribution < -0.4 is 0 Å². The van der Waals surface area contributed by atoms with Gasteiger partial charge in [0.1, 0.15) is 17.4 Å². The molecule has 1 N–H and O–H groups in total. The number of ether oxygens (including phenoxy) is 1. The van der Waals surface area contributed by atoms with Gasteiger partial charge < -0.3 is 19.3 Å². The molecule has 3 aromatic rings. The number of carbonyl (C=O) groups is 2. The quantitative estimate of drug-likeness (QED) is 0.649. The topological polar surface area (TPSA) is 75.0 Å². The Kier molecular flexibility index (Phi) is 6.06. The van der Waals surface area contributed by atoms with E-state index in [2.05, 4.69) is 22.8 Å². The molecule has 1 aliphatic heterocycles. The first kappa shape index (κ1) is 22.7. The van der Waals surface area contributed by atoms with Crippen LogP contribution in [0.15, 0.2) is 54.6 Å². The van der Waals surface area contributed by atoms with E-state index in [9.17, 15) is 14.7 Å². The van der Waals surface area contributed by atoms with Gasteiger partial charge in [0.25, 0.3) is 0 Å². The van der Waals surface area contributed by atoms with Crippen LogP contribution in [0, 0.1) is 0 Å². The Labute approximate surface area is 194 Å². The van der Waals surface area contributed by atoms with E-state index in [1.54, 1.807) is 52.1 Å². The number of carbonyl (C=O) groups excluding carboxylic acids is 2. The molecule has 0 saturated carbocycles. The number of aromatic nitrogens is 1. The van der Waals surface area contributed by atoms with E-state index < -0.39 is 17.7 Å². The standard InChI is InChI=1S/C26H31N3O4/c1-26(2,3)33-25(32)27(4)23(15-18-9-11-21(30)12-10-18)24(31)28-13-14-29-20(17-28)16-19-7-5-6-8-22(19)29/h5-12,16,23,30H,13-15,17H2,1-4H3. The highest BCUT2D eigenvalue weighted by molar-refractivity contribution is 5.87. The number of nitrogens with zero attached hydrogens (tertiary/aromatic N) is 3. The molecule has 1 atom stereocenters. The number of phenols is 1. The van der Waals surface area contributed by atoms with Crippen molar-refractivity contribution in [3.63, 3.8) is 0 Å². The van der Waals surface area contributed by atoms with Gasteiger partial charge in [-0.05, 0) is 56.0 Å². The van der Waals surface area contributed by atoms with E-state index in [0.29, 0.717) is 26.1 Å². The molecule has 174 valence electrons. The SMILES string of the molecule is CN(C(=O)OC(C)(C)C)C(Cc1ccc(O)cc1)C(=O)N1CCn2c(cc3ccccc32)C1. The average Bonchev–Trinajstić information content (AvgIpc) is 3.14. The van der Waals surface area contributed by atoms with Crippen LogP contribution in [0.4, 0.5) is 4.79 Å². The molecule has 0 aliphatic carbocycles. The largest absolute Gasteiger partial charge is 0.508 e. The van der Waals surface area contributed by atoms with Crippen molar-refractivity contribution in [2.45, 2.75) is 51.9 Å². The number of hydrogen-bond acceptors (Lipinski definition) is 4. The van der Waals surface area contributed by atoms with Crippen LogP contribution in [0.3, 0.4) is 0 Å². The lowest BCUT2D eigenvalue weighted by molar-refractivity contribution is -0.138. The molecule has 2 heterocycles. The second-order valence-corrected chi connectivity index (χ2v) is 9.58. The maximum Gasteiger partial charge on any atom is 0.410 e. The minimum Gasteiger partial charge on any atom is -0.508 e. The summed E-state index contributed by atoms with van der Waals surface area (Å²) in [6, 6.07) is 16.3. The summed E-state index contributed by atoms with van der Waals surface area (Å²) in [4.78, 5) is 29.8. The Morgan fingerprint density at radius 1 is 1.09 bits per heavy atom. The molecule has 4 rings (SSSR count). The van der Waals surface area contributed by atoms with Crippen molar-refractivity contribution in [1.82, 2.24) is 14.4 Å². The highest BCUT2D eigenvalue weighted by Gasteiger charge is 2.34. The van der Waals surface area contributed by atoms with Crippen LogP contribution in [0.25, 0.3) is 10.9 Å². The van der Waals surface area contributed by atoms with Gasteiger partial charge in [-0.15, -0.1) is 0 Å². The smallest absolute Gasteiger partial charge is 0.410 e. The fourth-order valence-corrected chi connectivity index (χ4v) is 4.26. The summed E-state index contributed by atoms with van der Waals surface area (Å²) in [5, 5.41) is 10.8. The Morgan fingerprint density at radius 2 is 1.79 bits per heavy atom. The minimum absolute atomic E-state index is 0.118. The minimum atomic E-state index is -0.722. The van der Waals surface area contributed by atoms with E-state index >= 15 is 0 Å². The second kappa shape index (κ2) is 8.81. The summed E-state index contributed by atoms with van der Waals surface area (Å²) in [5.74, 6) is 0.0407. The summed E-state index contributed by atoms with van der Waals surface area (Å²) >= 11 is 0. The Morgan fingerprint density at radius 3 is 2.48 bits per heavy atom. The second-order valence-electron chi connectivity index (χ2n) is 9.58. The highest BCUT2D eigenvalue weighted by atomic mass is 16.6. The molecular formula is C26H31N3O4. The number of likely N-dealkylation sites (N-methyl/N-ethyl adjacent to an activating group) is 1. The van der Waals surface area contributed by atoms with Crippen molar-refractivity contribution in [3.05, 3.63) is 65.9 Å². The molecule has 1 unspecified atom stereocenters.